The van der Waals surface area contributed by atoms with Gasteiger partial charge in [-0.1, -0.05) is 78.2 Å². The number of alkyl halides is 3. The highest BCUT2D eigenvalue weighted by molar-refractivity contribution is 6.68. The average Bonchev–Trinajstić information content (AvgIpc) is 2.69. The van der Waals surface area contributed by atoms with Crippen molar-refractivity contribution in [3.8, 4) is 5.75 Å². The van der Waals surface area contributed by atoms with Crippen molar-refractivity contribution in [1.29, 1.82) is 0 Å². The molecule has 0 saturated heterocycles. The van der Waals surface area contributed by atoms with E-state index in [4.69, 9.17) is 44.6 Å². The van der Waals surface area contributed by atoms with Crippen LogP contribution in [-0.4, -0.2) is 9.90 Å². The molecule has 1 atom stereocenters. The average molecular weight is 352 g/mol. The van der Waals surface area contributed by atoms with Crippen LogP contribution >= 0.6 is 34.8 Å². The lowest BCUT2D eigenvalue weighted by atomic mass is 9.95. The van der Waals surface area contributed by atoms with Gasteiger partial charge in [0, 0.05) is 0 Å². The van der Waals surface area contributed by atoms with Gasteiger partial charge < -0.3 is 4.89 Å². The molecule has 1 aliphatic carbocycles. The molecule has 1 aliphatic rings. The summed E-state index contributed by atoms with van der Waals surface area (Å²) in [7, 11) is 0. The molecule has 1 unspecified atom stereocenters. The Morgan fingerprint density at radius 2 is 1.57 bits per heavy atom. The molecule has 1 aromatic rings. The Hall–Kier alpha value is -0.150. The molecule has 5 heteroatoms. The van der Waals surface area contributed by atoms with Gasteiger partial charge in [-0.15, -0.1) is 0 Å². The van der Waals surface area contributed by atoms with Crippen LogP contribution in [0.25, 0.3) is 0 Å². The molecule has 0 spiro atoms. The molecule has 2 rings (SSSR count). The van der Waals surface area contributed by atoms with E-state index in [-0.39, 0.29) is 5.92 Å². The van der Waals surface area contributed by atoms with E-state index in [0.717, 1.165) is 31.2 Å². The molecule has 1 aromatic carbocycles. The Labute approximate surface area is 141 Å². The van der Waals surface area contributed by atoms with Gasteiger partial charge in [-0.25, -0.2) is 0 Å². The van der Waals surface area contributed by atoms with Crippen LogP contribution in [-0.2, 0) is 4.89 Å². The maximum absolute atomic E-state index is 6.10. The minimum absolute atomic E-state index is 0.213. The third kappa shape index (κ3) is 5.52. The smallest absolute Gasteiger partial charge is 0.220 e. The molecule has 0 heterocycles. The van der Waals surface area contributed by atoms with E-state index in [0.29, 0.717) is 5.75 Å². The van der Waals surface area contributed by atoms with Crippen molar-refractivity contribution in [2.75, 3.05) is 0 Å². The van der Waals surface area contributed by atoms with E-state index in [1.165, 1.54) is 12.8 Å². The maximum atomic E-state index is 6.10. The van der Waals surface area contributed by atoms with E-state index in [1.807, 2.05) is 31.2 Å². The largest absolute Gasteiger partial charge is 0.337 e. The van der Waals surface area contributed by atoms with Gasteiger partial charge in [-0.05, 0) is 37.8 Å². The zero-order valence-corrected chi connectivity index (χ0v) is 14.4. The van der Waals surface area contributed by atoms with Crippen LogP contribution in [0, 0.1) is 12.8 Å². The molecule has 2 nitrogen and oxygen atoms in total. The van der Waals surface area contributed by atoms with E-state index in [9.17, 15) is 0 Å². The number of hydrogen-bond donors (Lipinski definition) is 0. The fourth-order valence-electron chi connectivity index (χ4n) is 2.72. The Morgan fingerprint density at radius 3 is 2.10 bits per heavy atom. The topological polar surface area (TPSA) is 18.5 Å². The lowest BCUT2D eigenvalue weighted by Gasteiger charge is -2.30. The summed E-state index contributed by atoms with van der Waals surface area (Å²) in [6, 6.07) is 7.60. The predicted octanol–water partition coefficient (Wildman–Crippen LogP) is 6.01. The summed E-state index contributed by atoms with van der Waals surface area (Å²) in [6.07, 6.45) is 6.24. The van der Waals surface area contributed by atoms with Crippen LogP contribution in [0.4, 0.5) is 0 Å². The third-order valence-corrected chi connectivity index (χ3v) is 4.56. The van der Waals surface area contributed by atoms with Crippen molar-refractivity contribution in [2.45, 2.75) is 55.3 Å². The minimum atomic E-state index is -1.49. The number of hydrogen-bond acceptors (Lipinski definition) is 2. The summed E-state index contributed by atoms with van der Waals surface area (Å²) in [5, 5.41) is 0. The first-order chi connectivity index (χ1) is 9.97. The minimum Gasteiger partial charge on any atom is -0.337 e. The SMILES string of the molecule is Cc1ccc(OOC(C2CCCCCC2)C(Cl)(Cl)Cl)cc1. The summed E-state index contributed by atoms with van der Waals surface area (Å²) in [5.74, 6) is 0.832. The van der Waals surface area contributed by atoms with Crippen molar-refractivity contribution >= 4 is 34.8 Å². The van der Waals surface area contributed by atoms with Crippen LogP contribution in [0.5, 0.6) is 5.75 Å². The van der Waals surface area contributed by atoms with E-state index < -0.39 is 9.90 Å². The first-order valence-corrected chi connectivity index (χ1v) is 8.57. The normalized spacial score (nSPS) is 19.0. The first-order valence-electron chi connectivity index (χ1n) is 7.43. The molecule has 21 heavy (non-hydrogen) atoms. The molecule has 0 amide bonds. The standard InChI is InChI=1S/C16H21Cl3O2/c1-12-8-10-14(11-9-12)20-21-15(16(17,18)19)13-6-4-2-3-5-7-13/h8-11,13,15H,2-7H2,1H3. The zero-order valence-electron chi connectivity index (χ0n) is 12.2. The molecule has 118 valence electrons. The number of benzene rings is 1. The van der Waals surface area contributed by atoms with Crippen LogP contribution in [0.3, 0.4) is 0 Å². The van der Waals surface area contributed by atoms with Crippen LogP contribution in [0.15, 0.2) is 24.3 Å². The number of aryl methyl sites for hydroxylation is 1. The van der Waals surface area contributed by atoms with Crippen molar-refractivity contribution < 1.29 is 9.78 Å². The van der Waals surface area contributed by atoms with Crippen molar-refractivity contribution in [3.05, 3.63) is 29.8 Å². The van der Waals surface area contributed by atoms with Crippen LogP contribution < -0.4 is 4.89 Å². The summed E-state index contributed by atoms with van der Waals surface area (Å²) < 4.78 is -1.49. The molecule has 0 N–H and O–H groups in total. The van der Waals surface area contributed by atoms with Gasteiger partial charge in [0.1, 0.15) is 0 Å². The van der Waals surface area contributed by atoms with Crippen molar-refractivity contribution in [1.82, 2.24) is 0 Å². The van der Waals surface area contributed by atoms with Crippen molar-refractivity contribution in [3.63, 3.8) is 0 Å². The summed E-state index contributed by atoms with van der Waals surface area (Å²) in [6.45, 7) is 2.01. The molecular weight excluding hydrogens is 331 g/mol. The van der Waals surface area contributed by atoms with E-state index in [2.05, 4.69) is 0 Å². The summed E-state index contributed by atoms with van der Waals surface area (Å²) >= 11 is 18.3. The predicted molar refractivity (Wildman–Crippen MR) is 88.2 cm³/mol. The molecule has 0 aromatic heterocycles. The molecule has 1 fully saturated rings. The second-order valence-electron chi connectivity index (χ2n) is 5.71. The second kappa shape index (κ2) is 7.92. The third-order valence-electron chi connectivity index (χ3n) is 3.92. The van der Waals surface area contributed by atoms with Gasteiger partial charge in [-0.2, -0.15) is 4.89 Å². The lowest BCUT2D eigenvalue weighted by Crippen LogP contribution is -2.37. The van der Waals surface area contributed by atoms with Crippen LogP contribution in [0.1, 0.15) is 44.1 Å². The van der Waals surface area contributed by atoms with E-state index >= 15 is 0 Å². The Kier molecular flexibility index (Phi) is 6.49. The lowest BCUT2D eigenvalue weighted by molar-refractivity contribution is -0.257. The quantitative estimate of drug-likeness (QED) is 0.286. The van der Waals surface area contributed by atoms with Crippen LogP contribution in [0.2, 0.25) is 0 Å². The zero-order chi connectivity index (χ0) is 15.3. The number of halogens is 3. The van der Waals surface area contributed by atoms with Gasteiger partial charge >= 0.3 is 0 Å². The van der Waals surface area contributed by atoms with Gasteiger partial charge in [0.15, 0.2) is 11.9 Å². The second-order valence-corrected chi connectivity index (χ2v) is 8.08. The Bertz CT molecular complexity index is 420. The fourth-order valence-corrected chi connectivity index (χ4v) is 3.36. The monoisotopic (exact) mass is 350 g/mol. The number of rotatable bonds is 4. The van der Waals surface area contributed by atoms with Gasteiger partial charge in [0.2, 0.25) is 3.79 Å². The molecular formula is C16H21Cl3O2. The molecule has 0 radical (unpaired) electrons. The van der Waals surface area contributed by atoms with Gasteiger partial charge in [-0.3, -0.25) is 0 Å². The first kappa shape index (κ1) is 17.2. The highest BCUT2D eigenvalue weighted by atomic mass is 35.6. The summed E-state index contributed by atoms with van der Waals surface area (Å²) in [4.78, 5) is 10.9. The van der Waals surface area contributed by atoms with E-state index in [1.54, 1.807) is 0 Å². The van der Waals surface area contributed by atoms with Crippen molar-refractivity contribution in [2.24, 2.45) is 5.92 Å². The maximum Gasteiger partial charge on any atom is 0.220 e. The highest BCUT2D eigenvalue weighted by Crippen LogP contribution is 2.41. The molecule has 1 saturated carbocycles. The summed E-state index contributed by atoms with van der Waals surface area (Å²) in [5.41, 5.74) is 1.16. The fraction of sp³-hybridized carbons (Fsp3) is 0.625. The Balaban J connectivity index is 2.00. The molecule has 0 bridgehead atoms. The Morgan fingerprint density at radius 1 is 1.00 bits per heavy atom. The molecule has 0 aliphatic heterocycles. The van der Waals surface area contributed by atoms with Gasteiger partial charge in [0.25, 0.3) is 0 Å². The van der Waals surface area contributed by atoms with Gasteiger partial charge in [0.05, 0.1) is 0 Å². The highest BCUT2D eigenvalue weighted by Gasteiger charge is 2.41.